The van der Waals surface area contributed by atoms with Crippen LogP contribution in [0.3, 0.4) is 0 Å². The van der Waals surface area contributed by atoms with E-state index in [1.807, 2.05) is 42.6 Å². The van der Waals surface area contributed by atoms with Crippen molar-refractivity contribution in [3.63, 3.8) is 0 Å². The molecular weight excluding hydrogens is 362 g/mol. The second-order valence-electron chi connectivity index (χ2n) is 5.96. The van der Waals surface area contributed by atoms with Crippen LogP contribution in [-0.4, -0.2) is 30.1 Å². The molecule has 0 aliphatic carbocycles. The number of methoxy groups -OCH3 is 2. The van der Waals surface area contributed by atoms with Gasteiger partial charge in [-0.1, -0.05) is 0 Å². The Morgan fingerprint density at radius 2 is 1.89 bits per heavy atom. The number of amides is 1. The average Bonchev–Trinajstić information content (AvgIpc) is 3.16. The molecule has 0 spiro atoms. The fourth-order valence-corrected chi connectivity index (χ4v) is 3.50. The van der Waals surface area contributed by atoms with Crippen LogP contribution >= 0.6 is 11.3 Å². The lowest BCUT2D eigenvalue weighted by molar-refractivity contribution is -0.121. The van der Waals surface area contributed by atoms with Gasteiger partial charge in [0, 0.05) is 23.3 Å². The first-order chi connectivity index (χ1) is 13.1. The van der Waals surface area contributed by atoms with Crippen LogP contribution in [-0.2, 0) is 11.2 Å². The minimum Gasteiger partial charge on any atom is -0.493 e. The minimum absolute atomic E-state index is 0.0662. The molecule has 0 aliphatic rings. The van der Waals surface area contributed by atoms with Crippen LogP contribution in [0.5, 0.6) is 11.5 Å². The van der Waals surface area contributed by atoms with Crippen molar-refractivity contribution in [3.05, 3.63) is 59.4 Å². The summed E-state index contributed by atoms with van der Waals surface area (Å²) < 4.78 is 10.6. The smallest absolute Gasteiger partial charge is 0.226 e. The van der Waals surface area contributed by atoms with E-state index in [2.05, 4.69) is 15.3 Å². The van der Waals surface area contributed by atoms with Crippen LogP contribution in [0.2, 0.25) is 0 Å². The lowest BCUT2D eigenvalue weighted by Crippen LogP contribution is -2.28. The summed E-state index contributed by atoms with van der Waals surface area (Å²) in [7, 11) is 3.20. The van der Waals surface area contributed by atoms with Gasteiger partial charge in [0.05, 0.1) is 32.4 Å². The fourth-order valence-electron chi connectivity index (χ4n) is 2.68. The van der Waals surface area contributed by atoms with Gasteiger partial charge in [0.1, 0.15) is 5.01 Å². The predicted molar refractivity (Wildman–Crippen MR) is 105 cm³/mol. The van der Waals surface area contributed by atoms with Crippen molar-refractivity contribution < 1.29 is 14.3 Å². The largest absolute Gasteiger partial charge is 0.493 e. The van der Waals surface area contributed by atoms with E-state index in [1.54, 1.807) is 26.6 Å². The molecule has 1 atom stereocenters. The number of rotatable bonds is 7. The monoisotopic (exact) mass is 383 g/mol. The van der Waals surface area contributed by atoms with Crippen molar-refractivity contribution in [1.29, 1.82) is 0 Å². The zero-order valence-electron chi connectivity index (χ0n) is 15.4. The summed E-state index contributed by atoms with van der Waals surface area (Å²) in [4.78, 5) is 20.9. The Kier molecular flexibility index (Phi) is 6.03. The molecule has 2 heterocycles. The Morgan fingerprint density at radius 1 is 1.15 bits per heavy atom. The Labute approximate surface area is 162 Å². The number of benzene rings is 1. The van der Waals surface area contributed by atoms with E-state index in [4.69, 9.17) is 9.47 Å². The number of hydrogen-bond donors (Lipinski definition) is 1. The van der Waals surface area contributed by atoms with Crippen molar-refractivity contribution in [2.24, 2.45) is 0 Å². The molecule has 27 heavy (non-hydrogen) atoms. The second-order valence-corrected chi connectivity index (χ2v) is 6.82. The molecule has 0 fully saturated rings. The number of carbonyl (C=O) groups excluding carboxylic acids is 1. The van der Waals surface area contributed by atoms with E-state index in [-0.39, 0.29) is 18.4 Å². The first-order valence-electron chi connectivity index (χ1n) is 8.46. The quantitative estimate of drug-likeness (QED) is 0.674. The molecule has 0 bridgehead atoms. The minimum atomic E-state index is -0.0792. The average molecular weight is 383 g/mol. The van der Waals surface area contributed by atoms with Crippen LogP contribution in [0.1, 0.15) is 24.2 Å². The Balaban J connectivity index is 1.66. The highest BCUT2D eigenvalue weighted by Gasteiger charge is 2.14. The number of nitrogens with zero attached hydrogens (tertiary/aromatic N) is 2. The van der Waals surface area contributed by atoms with Gasteiger partial charge in [0.15, 0.2) is 11.5 Å². The van der Waals surface area contributed by atoms with Crippen LogP contribution in [0.4, 0.5) is 0 Å². The van der Waals surface area contributed by atoms with Gasteiger partial charge in [-0.25, -0.2) is 4.98 Å². The summed E-state index contributed by atoms with van der Waals surface area (Å²) >= 11 is 1.50. The van der Waals surface area contributed by atoms with Crippen LogP contribution in [0.25, 0.3) is 10.6 Å². The normalized spacial score (nSPS) is 11.7. The van der Waals surface area contributed by atoms with Gasteiger partial charge in [-0.05, 0) is 42.8 Å². The van der Waals surface area contributed by atoms with E-state index < -0.39 is 0 Å². The van der Waals surface area contributed by atoms with Crippen molar-refractivity contribution in [2.45, 2.75) is 19.4 Å². The van der Waals surface area contributed by atoms with Gasteiger partial charge >= 0.3 is 0 Å². The van der Waals surface area contributed by atoms with Gasteiger partial charge in [0.2, 0.25) is 5.91 Å². The Morgan fingerprint density at radius 3 is 2.59 bits per heavy atom. The summed E-state index contributed by atoms with van der Waals surface area (Å²) in [5.74, 6) is 1.25. The molecule has 2 aromatic heterocycles. The molecule has 7 heteroatoms. The third-order valence-corrected chi connectivity index (χ3v) is 5.05. The summed E-state index contributed by atoms with van der Waals surface area (Å²) in [6.07, 6.45) is 3.67. The summed E-state index contributed by atoms with van der Waals surface area (Å²) in [6, 6.07) is 9.36. The van der Waals surface area contributed by atoms with Crippen molar-refractivity contribution in [1.82, 2.24) is 15.3 Å². The SMILES string of the molecule is COc1ccc(-c2nc(CC(=O)NC(C)c3ccncc3)cs2)cc1OC. The third-order valence-electron chi connectivity index (χ3n) is 4.11. The summed E-state index contributed by atoms with van der Waals surface area (Å²) in [5, 5.41) is 5.73. The van der Waals surface area contributed by atoms with Crippen molar-refractivity contribution in [3.8, 4) is 22.1 Å². The standard InChI is InChI=1S/C20H21N3O3S/c1-13(14-6-8-21-9-7-14)22-19(24)11-16-12-27-20(23-16)15-4-5-17(25-2)18(10-15)26-3/h4-10,12-13H,11H2,1-3H3,(H,22,24). The van der Waals surface area contributed by atoms with Crippen molar-refractivity contribution in [2.75, 3.05) is 14.2 Å². The molecule has 3 rings (SSSR count). The second kappa shape index (κ2) is 8.64. The zero-order valence-corrected chi connectivity index (χ0v) is 16.2. The maximum absolute atomic E-state index is 12.3. The maximum Gasteiger partial charge on any atom is 0.226 e. The number of pyridine rings is 1. The Bertz CT molecular complexity index is 912. The fraction of sp³-hybridized carbons (Fsp3) is 0.250. The topological polar surface area (TPSA) is 73.3 Å². The van der Waals surface area contributed by atoms with Crippen molar-refractivity contribution >= 4 is 17.2 Å². The highest BCUT2D eigenvalue weighted by molar-refractivity contribution is 7.13. The van der Waals surface area contributed by atoms with E-state index in [1.165, 1.54) is 11.3 Å². The molecule has 1 amide bonds. The molecule has 0 aliphatic heterocycles. The first kappa shape index (κ1) is 18.8. The molecule has 0 saturated heterocycles. The summed E-state index contributed by atoms with van der Waals surface area (Å²) in [6.45, 7) is 1.95. The van der Waals surface area contributed by atoms with E-state index in [0.29, 0.717) is 11.5 Å². The number of thiazole rings is 1. The van der Waals surface area contributed by atoms with Gasteiger partial charge in [0.25, 0.3) is 0 Å². The lowest BCUT2D eigenvalue weighted by atomic mass is 10.1. The van der Waals surface area contributed by atoms with E-state index in [9.17, 15) is 4.79 Å². The van der Waals surface area contributed by atoms with E-state index in [0.717, 1.165) is 21.8 Å². The van der Waals surface area contributed by atoms with Crippen LogP contribution < -0.4 is 14.8 Å². The maximum atomic E-state index is 12.3. The predicted octanol–water partition coefficient (Wildman–Crippen LogP) is 3.64. The molecule has 6 nitrogen and oxygen atoms in total. The molecule has 1 aromatic carbocycles. The molecule has 0 saturated carbocycles. The number of nitrogens with one attached hydrogen (secondary N) is 1. The number of ether oxygens (including phenoxy) is 2. The number of hydrogen-bond acceptors (Lipinski definition) is 6. The van der Waals surface area contributed by atoms with Crippen LogP contribution in [0, 0.1) is 0 Å². The van der Waals surface area contributed by atoms with Gasteiger partial charge in [-0.3, -0.25) is 9.78 Å². The lowest BCUT2D eigenvalue weighted by Gasteiger charge is -2.13. The Hall–Kier alpha value is -2.93. The van der Waals surface area contributed by atoms with Gasteiger partial charge in [-0.15, -0.1) is 11.3 Å². The highest BCUT2D eigenvalue weighted by Crippen LogP contribution is 2.33. The van der Waals surface area contributed by atoms with Crippen LogP contribution in [0.15, 0.2) is 48.1 Å². The zero-order chi connectivity index (χ0) is 19.2. The molecular formula is C20H21N3O3S. The molecule has 140 valence electrons. The molecule has 0 radical (unpaired) electrons. The third kappa shape index (κ3) is 4.62. The number of aromatic nitrogens is 2. The molecule has 3 aromatic rings. The highest BCUT2D eigenvalue weighted by atomic mass is 32.1. The number of carbonyl (C=O) groups is 1. The molecule has 1 unspecified atom stereocenters. The van der Waals surface area contributed by atoms with E-state index >= 15 is 0 Å². The van der Waals surface area contributed by atoms with Gasteiger partial charge in [-0.2, -0.15) is 0 Å². The summed E-state index contributed by atoms with van der Waals surface area (Å²) in [5.41, 5.74) is 2.68. The molecule has 1 N–H and O–H groups in total. The first-order valence-corrected chi connectivity index (χ1v) is 9.34. The van der Waals surface area contributed by atoms with Gasteiger partial charge < -0.3 is 14.8 Å².